The van der Waals surface area contributed by atoms with Crippen molar-refractivity contribution in [3.63, 3.8) is 0 Å². The molecule has 1 aliphatic heterocycles. The quantitative estimate of drug-likeness (QED) is 0.848. The molecule has 0 saturated carbocycles. The molecule has 1 atom stereocenters. The minimum atomic E-state index is 0.169. The molecule has 21 heavy (non-hydrogen) atoms. The summed E-state index contributed by atoms with van der Waals surface area (Å²) in [6.45, 7) is 12.1. The summed E-state index contributed by atoms with van der Waals surface area (Å²) in [7, 11) is 0. The number of hydrogen-bond acceptors (Lipinski definition) is 2. The van der Waals surface area contributed by atoms with Crippen molar-refractivity contribution < 1.29 is 4.79 Å². The fourth-order valence-corrected chi connectivity index (χ4v) is 3.11. The Labute approximate surface area is 128 Å². The molecule has 0 bridgehead atoms. The standard InChI is InChI=1S/C18H28N2O/c1-5-7-15(3)18(21)20-12-10-19(11-13-20)17-9-6-8-14(2)16(17)4/h6,8-9,15H,5,7,10-13H2,1-4H3. The topological polar surface area (TPSA) is 23.6 Å². The molecule has 1 aromatic rings. The lowest BCUT2D eigenvalue weighted by Crippen LogP contribution is -2.50. The van der Waals surface area contributed by atoms with E-state index in [-0.39, 0.29) is 5.92 Å². The average Bonchev–Trinajstić information content (AvgIpc) is 2.50. The van der Waals surface area contributed by atoms with Gasteiger partial charge in [-0.05, 0) is 37.5 Å². The van der Waals surface area contributed by atoms with E-state index >= 15 is 0 Å². The molecular weight excluding hydrogens is 260 g/mol. The van der Waals surface area contributed by atoms with E-state index in [2.05, 4.69) is 50.8 Å². The molecule has 0 radical (unpaired) electrons. The van der Waals surface area contributed by atoms with Gasteiger partial charge in [0.25, 0.3) is 0 Å². The van der Waals surface area contributed by atoms with E-state index in [9.17, 15) is 4.79 Å². The first-order valence-corrected chi connectivity index (χ1v) is 8.14. The van der Waals surface area contributed by atoms with Crippen molar-refractivity contribution in [1.82, 2.24) is 4.90 Å². The van der Waals surface area contributed by atoms with Gasteiger partial charge < -0.3 is 9.80 Å². The monoisotopic (exact) mass is 288 g/mol. The zero-order chi connectivity index (χ0) is 15.4. The molecule has 1 saturated heterocycles. The van der Waals surface area contributed by atoms with Gasteiger partial charge in [-0.2, -0.15) is 0 Å². The molecule has 1 aromatic carbocycles. The maximum absolute atomic E-state index is 12.4. The van der Waals surface area contributed by atoms with Crippen molar-refractivity contribution in [3.8, 4) is 0 Å². The van der Waals surface area contributed by atoms with E-state index < -0.39 is 0 Å². The van der Waals surface area contributed by atoms with E-state index in [1.807, 2.05) is 4.90 Å². The molecule has 1 unspecified atom stereocenters. The molecule has 0 spiro atoms. The van der Waals surface area contributed by atoms with Crippen LogP contribution in [0.3, 0.4) is 0 Å². The summed E-state index contributed by atoms with van der Waals surface area (Å²) in [5.74, 6) is 0.500. The number of amides is 1. The second-order valence-corrected chi connectivity index (χ2v) is 6.22. The minimum Gasteiger partial charge on any atom is -0.368 e. The van der Waals surface area contributed by atoms with E-state index in [0.717, 1.165) is 39.0 Å². The van der Waals surface area contributed by atoms with Crippen LogP contribution in [0.25, 0.3) is 0 Å². The number of carbonyl (C=O) groups is 1. The second-order valence-electron chi connectivity index (χ2n) is 6.22. The lowest BCUT2D eigenvalue weighted by Gasteiger charge is -2.38. The van der Waals surface area contributed by atoms with Crippen LogP contribution in [-0.4, -0.2) is 37.0 Å². The molecule has 3 nitrogen and oxygen atoms in total. The van der Waals surface area contributed by atoms with Crippen LogP contribution in [0, 0.1) is 19.8 Å². The van der Waals surface area contributed by atoms with E-state index in [0.29, 0.717) is 5.91 Å². The van der Waals surface area contributed by atoms with Crippen LogP contribution in [0.4, 0.5) is 5.69 Å². The summed E-state index contributed by atoms with van der Waals surface area (Å²) < 4.78 is 0. The zero-order valence-electron chi connectivity index (χ0n) is 13.9. The Kier molecular flexibility index (Phi) is 5.27. The highest BCUT2D eigenvalue weighted by atomic mass is 16.2. The van der Waals surface area contributed by atoms with Gasteiger partial charge in [0.2, 0.25) is 5.91 Å². The molecular formula is C18H28N2O. The largest absolute Gasteiger partial charge is 0.368 e. The first-order chi connectivity index (χ1) is 10.0. The average molecular weight is 288 g/mol. The number of benzene rings is 1. The van der Waals surface area contributed by atoms with E-state index in [4.69, 9.17) is 0 Å². The van der Waals surface area contributed by atoms with Crippen LogP contribution in [0.2, 0.25) is 0 Å². The Morgan fingerprint density at radius 1 is 1.19 bits per heavy atom. The van der Waals surface area contributed by atoms with Crippen molar-refractivity contribution >= 4 is 11.6 Å². The summed E-state index contributed by atoms with van der Waals surface area (Å²) in [6.07, 6.45) is 2.07. The maximum atomic E-state index is 12.4. The Bertz CT molecular complexity index is 490. The summed E-state index contributed by atoms with van der Waals surface area (Å²) >= 11 is 0. The Balaban J connectivity index is 1.97. The van der Waals surface area contributed by atoms with Gasteiger partial charge in [0.05, 0.1) is 0 Å². The van der Waals surface area contributed by atoms with Gasteiger partial charge in [-0.3, -0.25) is 4.79 Å². The van der Waals surface area contributed by atoms with Gasteiger partial charge in [0.15, 0.2) is 0 Å². The fourth-order valence-electron chi connectivity index (χ4n) is 3.11. The predicted molar refractivity (Wildman–Crippen MR) is 88.8 cm³/mol. The first-order valence-electron chi connectivity index (χ1n) is 8.14. The predicted octanol–water partition coefficient (Wildman–Crippen LogP) is 3.39. The molecule has 1 heterocycles. The van der Waals surface area contributed by atoms with Gasteiger partial charge in [0, 0.05) is 37.8 Å². The number of piperazine rings is 1. The summed E-state index contributed by atoms with van der Waals surface area (Å²) in [4.78, 5) is 16.8. The lowest BCUT2D eigenvalue weighted by molar-refractivity contribution is -0.135. The minimum absolute atomic E-state index is 0.169. The Morgan fingerprint density at radius 2 is 1.86 bits per heavy atom. The molecule has 1 fully saturated rings. The highest BCUT2D eigenvalue weighted by molar-refractivity contribution is 5.78. The fraction of sp³-hybridized carbons (Fsp3) is 0.611. The molecule has 116 valence electrons. The molecule has 1 aliphatic rings. The number of nitrogens with zero attached hydrogens (tertiary/aromatic N) is 2. The number of carbonyl (C=O) groups excluding carboxylic acids is 1. The van der Waals surface area contributed by atoms with Crippen LogP contribution >= 0.6 is 0 Å². The summed E-state index contributed by atoms with van der Waals surface area (Å²) in [5.41, 5.74) is 4.02. The zero-order valence-corrected chi connectivity index (χ0v) is 13.9. The molecule has 0 aromatic heterocycles. The van der Waals surface area contributed by atoms with Gasteiger partial charge in [-0.1, -0.05) is 32.4 Å². The van der Waals surface area contributed by atoms with Gasteiger partial charge >= 0.3 is 0 Å². The Hall–Kier alpha value is -1.51. The van der Waals surface area contributed by atoms with Gasteiger partial charge in [0.1, 0.15) is 0 Å². The highest BCUT2D eigenvalue weighted by Crippen LogP contribution is 2.24. The molecule has 1 amide bonds. The SMILES string of the molecule is CCCC(C)C(=O)N1CCN(c2cccc(C)c2C)CC1. The number of rotatable bonds is 4. The van der Waals surface area contributed by atoms with Crippen molar-refractivity contribution in [2.75, 3.05) is 31.1 Å². The molecule has 2 rings (SSSR count). The van der Waals surface area contributed by atoms with Gasteiger partial charge in [-0.25, -0.2) is 0 Å². The van der Waals surface area contributed by atoms with Crippen LogP contribution in [-0.2, 0) is 4.79 Å². The second kappa shape index (κ2) is 6.97. The normalized spacial score (nSPS) is 17.0. The van der Waals surface area contributed by atoms with Crippen LogP contribution < -0.4 is 4.90 Å². The first kappa shape index (κ1) is 15.9. The molecule has 0 aliphatic carbocycles. The van der Waals surface area contributed by atoms with E-state index in [1.54, 1.807) is 0 Å². The van der Waals surface area contributed by atoms with Crippen LogP contribution in [0.5, 0.6) is 0 Å². The summed E-state index contributed by atoms with van der Waals surface area (Å²) in [6, 6.07) is 6.48. The third-order valence-electron chi connectivity index (χ3n) is 4.65. The van der Waals surface area contributed by atoms with Crippen LogP contribution in [0.1, 0.15) is 37.8 Å². The van der Waals surface area contributed by atoms with Crippen molar-refractivity contribution in [1.29, 1.82) is 0 Å². The summed E-state index contributed by atoms with van der Waals surface area (Å²) in [5, 5.41) is 0. The van der Waals surface area contributed by atoms with Crippen LogP contribution in [0.15, 0.2) is 18.2 Å². The Morgan fingerprint density at radius 3 is 2.48 bits per heavy atom. The van der Waals surface area contributed by atoms with Crippen molar-refractivity contribution in [2.45, 2.75) is 40.5 Å². The van der Waals surface area contributed by atoms with E-state index in [1.165, 1.54) is 16.8 Å². The maximum Gasteiger partial charge on any atom is 0.225 e. The number of aryl methyl sites for hydroxylation is 1. The smallest absolute Gasteiger partial charge is 0.225 e. The molecule has 3 heteroatoms. The number of anilines is 1. The molecule has 0 N–H and O–H groups in total. The van der Waals surface area contributed by atoms with Gasteiger partial charge in [-0.15, -0.1) is 0 Å². The third kappa shape index (κ3) is 3.58. The lowest BCUT2D eigenvalue weighted by atomic mass is 10.0. The highest BCUT2D eigenvalue weighted by Gasteiger charge is 2.25. The van der Waals surface area contributed by atoms with Crippen molar-refractivity contribution in [2.24, 2.45) is 5.92 Å². The number of hydrogen-bond donors (Lipinski definition) is 0. The van der Waals surface area contributed by atoms with Crippen molar-refractivity contribution in [3.05, 3.63) is 29.3 Å². The third-order valence-corrected chi connectivity index (χ3v) is 4.65.